The molecule has 0 saturated carbocycles. The number of piperidine rings is 1. The first kappa shape index (κ1) is 30.7. The Morgan fingerprint density at radius 1 is 1.12 bits per heavy atom. The van der Waals surface area contributed by atoms with E-state index in [4.69, 9.17) is 0 Å². The lowest BCUT2D eigenvalue weighted by Crippen LogP contribution is -2.37. The van der Waals surface area contributed by atoms with Gasteiger partial charge in [-0.2, -0.15) is 17.6 Å². The van der Waals surface area contributed by atoms with Crippen LogP contribution in [0.4, 0.5) is 27.6 Å². The smallest absolute Gasteiger partial charge is 0.346 e. The highest BCUT2D eigenvalue weighted by Gasteiger charge is 2.31. The number of carbonyl (C=O) groups is 2. The summed E-state index contributed by atoms with van der Waals surface area (Å²) in [5.74, 6) is -2.31. The summed E-state index contributed by atoms with van der Waals surface area (Å²) in [6.45, 7) is 0.940. The van der Waals surface area contributed by atoms with E-state index in [9.17, 15) is 36.3 Å². The number of aromatic nitrogens is 5. The number of likely N-dealkylation sites (tertiary alicyclic amines) is 1. The van der Waals surface area contributed by atoms with E-state index < -0.39 is 41.1 Å². The van der Waals surface area contributed by atoms with Crippen LogP contribution in [0.5, 0.6) is 0 Å². The van der Waals surface area contributed by atoms with Crippen LogP contribution in [0.15, 0.2) is 41.7 Å². The standard InChI is InChI=1S/C26H29F5N8O3/c27-19(4-8-38-9-5-20(23(28)25(38)42)34-22(40)16-37-6-2-1-3-7-37)14-39-15-21(35-36-39)24(41)33-12-17-10-18(13-32-11-17)26(29,30)31/h5,9-11,13,15,19H,1-4,6-8,12,14,16H2,(H,33,41)(H,34,40). The van der Waals surface area contributed by atoms with Gasteiger partial charge in [-0.05, 0) is 50.0 Å². The molecule has 0 spiro atoms. The molecule has 0 aromatic carbocycles. The van der Waals surface area contributed by atoms with Crippen molar-refractivity contribution in [1.29, 1.82) is 0 Å². The highest BCUT2D eigenvalue weighted by atomic mass is 19.4. The average Bonchev–Trinajstić information content (AvgIpc) is 3.42. The van der Waals surface area contributed by atoms with Crippen molar-refractivity contribution in [3.05, 3.63) is 69.9 Å². The van der Waals surface area contributed by atoms with Crippen molar-refractivity contribution < 1.29 is 31.5 Å². The van der Waals surface area contributed by atoms with Gasteiger partial charge in [-0.25, -0.2) is 9.07 Å². The van der Waals surface area contributed by atoms with Crippen LogP contribution in [0, 0.1) is 5.82 Å². The van der Waals surface area contributed by atoms with Gasteiger partial charge in [0, 0.05) is 31.7 Å². The topological polar surface area (TPSA) is 127 Å². The van der Waals surface area contributed by atoms with Gasteiger partial charge in [-0.3, -0.25) is 24.3 Å². The summed E-state index contributed by atoms with van der Waals surface area (Å²) in [7, 11) is 0. The van der Waals surface area contributed by atoms with Crippen LogP contribution in [0.25, 0.3) is 0 Å². The second-order valence-corrected chi connectivity index (χ2v) is 9.90. The molecule has 3 aromatic heterocycles. The molecule has 4 heterocycles. The molecule has 226 valence electrons. The van der Waals surface area contributed by atoms with Gasteiger partial charge in [0.2, 0.25) is 11.7 Å². The largest absolute Gasteiger partial charge is 0.417 e. The number of alkyl halides is 4. The Morgan fingerprint density at radius 2 is 1.88 bits per heavy atom. The predicted octanol–water partition coefficient (Wildman–Crippen LogP) is 2.78. The second-order valence-electron chi connectivity index (χ2n) is 9.90. The summed E-state index contributed by atoms with van der Waals surface area (Å²) in [6.07, 6.45) is 1.06. The zero-order valence-electron chi connectivity index (χ0n) is 22.4. The molecular formula is C26H29F5N8O3. The Hall–Kier alpha value is -4.21. The number of anilines is 1. The third-order valence-corrected chi connectivity index (χ3v) is 6.61. The molecular weight excluding hydrogens is 567 g/mol. The molecule has 0 radical (unpaired) electrons. The zero-order valence-corrected chi connectivity index (χ0v) is 22.4. The summed E-state index contributed by atoms with van der Waals surface area (Å²) in [4.78, 5) is 42.5. The maximum atomic E-state index is 14.6. The fourth-order valence-electron chi connectivity index (χ4n) is 4.41. The minimum absolute atomic E-state index is 0.102. The van der Waals surface area contributed by atoms with Crippen LogP contribution < -0.4 is 16.2 Å². The van der Waals surface area contributed by atoms with Gasteiger partial charge in [0.05, 0.1) is 30.5 Å². The van der Waals surface area contributed by atoms with Gasteiger partial charge in [-0.15, -0.1) is 5.10 Å². The molecule has 11 nitrogen and oxygen atoms in total. The summed E-state index contributed by atoms with van der Waals surface area (Å²) in [6, 6.07) is 2.10. The number of amides is 2. The SMILES string of the molecule is O=C(CN1CCCCC1)Nc1ccn(CCC(F)Cn2cc(C(=O)NCc3cncc(C(F)(F)F)c3)nn2)c(=O)c1F. The number of nitrogens with one attached hydrogen (secondary N) is 2. The van der Waals surface area contributed by atoms with Gasteiger partial charge in [0.15, 0.2) is 5.69 Å². The summed E-state index contributed by atoms with van der Waals surface area (Å²) in [5.41, 5.74) is -2.26. The van der Waals surface area contributed by atoms with E-state index in [1.807, 2.05) is 4.90 Å². The first-order valence-electron chi connectivity index (χ1n) is 13.2. The third-order valence-electron chi connectivity index (χ3n) is 6.61. The first-order chi connectivity index (χ1) is 20.0. The normalized spacial score (nSPS) is 14.9. The van der Waals surface area contributed by atoms with Gasteiger partial charge in [0.25, 0.3) is 11.5 Å². The number of nitrogens with zero attached hydrogens (tertiary/aromatic N) is 6. The lowest BCUT2D eigenvalue weighted by atomic mass is 10.1. The fourth-order valence-corrected chi connectivity index (χ4v) is 4.41. The molecule has 1 unspecified atom stereocenters. The molecule has 2 amide bonds. The van der Waals surface area contributed by atoms with E-state index in [1.54, 1.807) is 0 Å². The maximum Gasteiger partial charge on any atom is 0.417 e. The number of hydrogen-bond donors (Lipinski definition) is 2. The number of hydrogen-bond acceptors (Lipinski definition) is 7. The molecule has 1 aliphatic heterocycles. The molecule has 42 heavy (non-hydrogen) atoms. The number of carbonyl (C=O) groups excluding carboxylic acids is 2. The van der Waals surface area contributed by atoms with Crippen molar-refractivity contribution in [2.75, 3.05) is 25.0 Å². The molecule has 0 bridgehead atoms. The van der Waals surface area contributed by atoms with Gasteiger partial charge >= 0.3 is 6.18 Å². The monoisotopic (exact) mass is 596 g/mol. The minimum Gasteiger partial charge on any atom is -0.346 e. The van der Waals surface area contributed by atoms with E-state index in [1.165, 1.54) is 24.7 Å². The molecule has 1 aliphatic rings. The highest BCUT2D eigenvalue weighted by molar-refractivity contribution is 5.92. The number of rotatable bonds is 11. The van der Waals surface area contributed by atoms with Gasteiger partial charge in [-0.1, -0.05) is 11.6 Å². The predicted molar refractivity (Wildman–Crippen MR) is 140 cm³/mol. The number of halogens is 5. The van der Waals surface area contributed by atoms with E-state index in [-0.39, 0.29) is 49.5 Å². The molecule has 1 saturated heterocycles. The Labute approximate surface area is 236 Å². The van der Waals surface area contributed by atoms with Crippen molar-refractivity contribution in [3.63, 3.8) is 0 Å². The van der Waals surface area contributed by atoms with Crippen LogP contribution in [0.3, 0.4) is 0 Å². The average molecular weight is 597 g/mol. The van der Waals surface area contributed by atoms with Crippen molar-refractivity contribution >= 4 is 17.5 Å². The van der Waals surface area contributed by atoms with Crippen molar-refractivity contribution in [2.45, 2.75) is 57.7 Å². The van der Waals surface area contributed by atoms with Crippen LogP contribution in [-0.4, -0.2) is 67.1 Å². The zero-order chi connectivity index (χ0) is 30.3. The van der Waals surface area contributed by atoms with Gasteiger partial charge in [0.1, 0.15) is 6.17 Å². The Bertz CT molecular complexity index is 1450. The summed E-state index contributed by atoms with van der Waals surface area (Å²) >= 11 is 0. The molecule has 16 heteroatoms. The molecule has 1 atom stereocenters. The molecule has 1 fully saturated rings. The van der Waals surface area contributed by atoms with E-state index in [0.717, 1.165) is 47.7 Å². The Balaban J connectivity index is 1.25. The summed E-state index contributed by atoms with van der Waals surface area (Å²) < 4.78 is 69.8. The number of aryl methyl sites for hydroxylation is 1. The van der Waals surface area contributed by atoms with Crippen LogP contribution in [-0.2, 0) is 30.6 Å². The lowest BCUT2D eigenvalue weighted by molar-refractivity contribution is -0.137. The molecule has 2 N–H and O–H groups in total. The molecule has 0 aliphatic carbocycles. The maximum absolute atomic E-state index is 14.6. The first-order valence-corrected chi connectivity index (χ1v) is 13.2. The van der Waals surface area contributed by atoms with Crippen LogP contribution in [0.2, 0.25) is 0 Å². The lowest BCUT2D eigenvalue weighted by Gasteiger charge is -2.25. The number of pyridine rings is 2. The van der Waals surface area contributed by atoms with Crippen molar-refractivity contribution in [1.82, 2.24) is 34.8 Å². The summed E-state index contributed by atoms with van der Waals surface area (Å²) in [5, 5.41) is 12.1. The van der Waals surface area contributed by atoms with E-state index in [0.29, 0.717) is 6.20 Å². The van der Waals surface area contributed by atoms with E-state index >= 15 is 0 Å². The Morgan fingerprint density at radius 3 is 2.62 bits per heavy atom. The van der Waals surface area contributed by atoms with Crippen molar-refractivity contribution in [3.8, 4) is 0 Å². The molecule has 3 aromatic rings. The minimum atomic E-state index is -4.58. The fraction of sp³-hybridized carbons (Fsp3) is 0.462. The van der Waals surface area contributed by atoms with Crippen LogP contribution >= 0.6 is 0 Å². The molecule has 4 rings (SSSR count). The van der Waals surface area contributed by atoms with Crippen molar-refractivity contribution in [2.24, 2.45) is 0 Å². The second kappa shape index (κ2) is 13.6. The highest BCUT2D eigenvalue weighted by Crippen LogP contribution is 2.28. The third kappa shape index (κ3) is 8.41. The quantitative estimate of drug-likeness (QED) is 0.326. The van der Waals surface area contributed by atoms with Crippen LogP contribution in [0.1, 0.15) is 47.3 Å². The van der Waals surface area contributed by atoms with E-state index in [2.05, 4.69) is 25.9 Å². The van der Waals surface area contributed by atoms with Gasteiger partial charge < -0.3 is 15.2 Å². The Kier molecular flexibility index (Phi) is 9.98.